The van der Waals surface area contributed by atoms with Crippen molar-refractivity contribution in [2.24, 2.45) is 0 Å². The average molecular weight is 688 g/mol. The van der Waals surface area contributed by atoms with Crippen molar-refractivity contribution in [2.45, 2.75) is 75.6 Å². The highest BCUT2D eigenvalue weighted by Crippen LogP contribution is 2.43. The van der Waals surface area contributed by atoms with Gasteiger partial charge in [-0.25, -0.2) is 9.18 Å². The molecule has 1 saturated heterocycles. The number of hydrogen-bond acceptors (Lipinski definition) is 6. The SMILES string of the molecule is CCC[C@H]1N(C(=O)c2ncccc2C(F)(F)F)CCC[C@@]1(Oc1csc(C(F)(F)F)c1)C(=O)N1Cc2cc(F)ccc2C[C@H]1C(=O)O. The monoisotopic (exact) mass is 687 g/mol. The summed E-state index contributed by atoms with van der Waals surface area (Å²) in [6.45, 7) is 1.11. The van der Waals surface area contributed by atoms with Gasteiger partial charge in [-0.2, -0.15) is 26.3 Å². The summed E-state index contributed by atoms with van der Waals surface area (Å²) in [4.78, 5) is 45.8. The molecule has 47 heavy (non-hydrogen) atoms. The number of halogens is 7. The molecule has 1 fully saturated rings. The number of piperidine rings is 1. The molecule has 0 saturated carbocycles. The molecule has 0 bridgehead atoms. The molecule has 2 aliphatic rings. The molecule has 5 rings (SSSR count). The molecule has 2 aliphatic heterocycles. The Morgan fingerprint density at radius 3 is 2.45 bits per heavy atom. The normalized spacial score (nSPS) is 21.7. The van der Waals surface area contributed by atoms with E-state index in [1.807, 2.05) is 0 Å². The van der Waals surface area contributed by atoms with Crippen molar-refractivity contribution < 1.29 is 55.0 Å². The Morgan fingerprint density at radius 2 is 1.81 bits per heavy atom. The molecule has 16 heteroatoms. The number of hydrogen-bond donors (Lipinski definition) is 1. The summed E-state index contributed by atoms with van der Waals surface area (Å²) < 4.78 is 103. The number of alkyl halides is 6. The van der Waals surface area contributed by atoms with Crippen LogP contribution in [0.15, 0.2) is 48.0 Å². The largest absolute Gasteiger partial charge is 0.480 e. The molecule has 1 aromatic carbocycles. The summed E-state index contributed by atoms with van der Waals surface area (Å²) in [6, 6.07) is 3.16. The van der Waals surface area contributed by atoms with E-state index in [4.69, 9.17) is 4.74 Å². The predicted molar refractivity (Wildman–Crippen MR) is 153 cm³/mol. The molecule has 3 atom stereocenters. The van der Waals surface area contributed by atoms with Crippen molar-refractivity contribution in [2.75, 3.05) is 6.54 Å². The Labute approximate surface area is 267 Å². The Hall–Kier alpha value is -4.21. The lowest BCUT2D eigenvalue weighted by Gasteiger charge is -2.51. The van der Waals surface area contributed by atoms with Crippen LogP contribution >= 0.6 is 11.3 Å². The van der Waals surface area contributed by atoms with Crippen LogP contribution in [0.2, 0.25) is 0 Å². The quantitative estimate of drug-likeness (QED) is 0.282. The minimum atomic E-state index is -4.96. The van der Waals surface area contributed by atoms with Gasteiger partial charge in [0.25, 0.3) is 11.8 Å². The van der Waals surface area contributed by atoms with Crippen LogP contribution in [0.5, 0.6) is 5.75 Å². The third-order valence-electron chi connectivity index (χ3n) is 8.36. The number of carbonyl (C=O) groups excluding carboxylic acids is 2. The number of likely N-dealkylation sites (tertiary alicyclic amines) is 1. The Balaban J connectivity index is 1.65. The fraction of sp³-hybridized carbons (Fsp3) is 0.419. The smallest absolute Gasteiger partial charge is 0.425 e. The fourth-order valence-corrected chi connectivity index (χ4v) is 6.98. The van der Waals surface area contributed by atoms with Gasteiger partial charge in [-0.3, -0.25) is 14.6 Å². The first-order valence-corrected chi connectivity index (χ1v) is 15.4. The van der Waals surface area contributed by atoms with Gasteiger partial charge in [-0.15, -0.1) is 11.3 Å². The lowest BCUT2D eigenvalue weighted by molar-refractivity contribution is -0.168. The molecule has 4 heterocycles. The number of ether oxygens (including phenoxy) is 1. The van der Waals surface area contributed by atoms with E-state index < -0.39 is 82.1 Å². The number of aromatic nitrogens is 1. The Morgan fingerprint density at radius 1 is 1.06 bits per heavy atom. The first kappa shape index (κ1) is 34.1. The number of aliphatic carboxylic acids is 1. The number of rotatable bonds is 7. The minimum Gasteiger partial charge on any atom is -0.480 e. The molecule has 0 radical (unpaired) electrons. The maximum atomic E-state index is 14.8. The minimum absolute atomic E-state index is 0.0427. The van der Waals surface area contributed by atoms with Gasteiger partial charge in [0.05, 0.1) is 11.6 Å². The highest BCUT2D eigenvalue weighted by molar-refractivity contribution is 7.10. The summed E-state index contributed by atoms with van der Waals surface area (Å²) in [7, 11) is 0. The van der Waals surface area contributed by atoms with E-state index in [9.17, 15) is 50.2 Å². The van der Waals surface area contributed by atoms with Gasteiger partial charge in [-0.1, -0.05) is 19.4 Å². The molecule has 3 aromatic rings. The summed E-state index contributed by atoms with van der Waals surface area (Å²) in [5.74, 6) is -4.65. The Kier molecular flexibility index (Phi) is 9.27. The van der Waals surface area contributed by atoms with E-state index in [-0.39, 0.29) is 50.0 Å². The molecular weight excluding hydrogens is 659 g/mol. The first-order valence-electron chi connectivity index (χ1n) is 14.6. The number of thiophene rings is 1. The van der Waals surface area contributed by atoms with E-state index in [2.05, 4.69) is 4.98 Å². The van der Waals surface area contributed by atoms with Crippen LogP contribution in [-0.4, -0.2) is 61.9 Å². The zero-order valence-corrected chi connectivity index (χ0v) is 25.5. The van der Waals surface area contributed by atoms with Crippen molar-refractivity contribution in [3.63, 3.8) is 0 Å². The second kappa shape index (κ2) is 12.8. The second-order valence-corrected chi connectivity index (χ2v) is 12.3. The van der Waals surface area contributed by atoms with Crippen molar-refractivity contribution in [3.05, 3.63) is 81.1 Å². The van der Waals surface area contributed by atoms with Crippen LogP contribution in [0, 0.1) is 5.82 Å². The number of carboxylic acids is 1. The average Bonchev–Trinajstić information content (AvgIpc) is 3.49. The van der Waals surface area contributed by atoms with E-state index in [1.54, 1.807) is 6.92 Å². The Bertz CT molecular complexity index is 1680. The third-order valence-corrected chi connectivity index (χ3v) is 9.31. The summed E-state index contributed by atoms with van der Waals surface area (Å²) in [5, 5.41) is 11.2. The third kappa shape index (κ3) is 6.64. The van der Waals surface area contributed by atoms with Gasteiger partial charge in [0.15, 0.2) is 0 Å². The van der Waals surface area contributed by atoms with Crippen molar-refractivity contribution in [3.8, 4) is 5.75 Å². The lowest BCUT2D eigenvalue weighted by atomic mass is 9.79. The highest BCUT2D eigenvalue weighted by Gasteiger charge is 2.57. The van der Waals surface area contributed by atoms with Gasteiger partial charge in [0, 0.05) is 43.6 Å². The van der Waals surface area contributed by atoms with Crippen LogP contribution in [0.3, 0.4) is 0 Å². The van der Waals surface area contributed by atoms with Crippen LogP contribution in [0.1, 0.15) is 64.7 Å². The zero-order valence-electron chi connectivity index (χ0n) is 24.7. The van der Waals surface area contributed by atoms with Crippen molar-refractivity contribution >= 4 is 29.1 Å². The van der Waals surface area contributed by atoms with E-state index in [0.717, 1.165) is 39.6 Å². The van der Waals surface area contributed by atoms with Gasteiger partial charge >= 0.3 is 18.3 Å². The number of nitrogens with zero attached hydrogens (tertiary/aromatic N) is 3. The summed E-state index contributed by atoms with van der Waals surface area (Å²) in [5.41, 5.74) is -3.74. The van der Waals surface area contributed by atoms with E-state index >= 15 is 0 Å². The maximum absolute atomic E-state index is 14.8. The molecule has 0 aliphatic carbocycles. The number of amides is 2. The number of pyridine rings is 1. The maximum Gasteiger partial charge on any atom is 0.425 e. The van der Waals surface area contributed by atoms with E-state index in [1.165, 1.54) is 6.07 Å². The molecule has 2 amide bonds. The topological polar surface area (TPSA) is 100 Å². The van der Waals surface area contributed by atoms with Gasteiger partial charge < -0.3 is 19.6 Å². The predicted octanol–water partition coefficient (Wildman–Crippen LogP) is 6.58. The summed E-state index contributed by atoms with van der Waals surface area (Å²) in [6.07, 6.45) is -9.02. The number of carbonyl (C=O) groups is 3. The van der Waals surface area contributed by atoms with Crippen LogP contribution in [0.4, 0.5) is 30.7 Å². The molecule has 0 spiro atoms. The van der Waals surface area contributed by atoms with Gasteiger partial charge in [0.1, 0.15) is 28.2 Å². The van der Waals surface area contributed by atoms with Crippen LogP contribution in [-0.2, 0) is 34.9 Å². The molecule has 8 nitrogen and oxygen atoms in total. The number of benzene rings is 1. The molecule has 252 valence electrons. The molecule has 1 N–H and O–H groups in total. The van der Waals surface area contributed by atoms with E-state index in [0.29, 0.717) is 23.3 Å². The summed E-state index contributed by atoms with van der Waals surface area (Å²) >= 11 is 0.286. The van der Waals surface area contributed by atoms with Crippen LogP contribution < -0.4 is 4.74 Å². The van der Waals surface area contributed by atoms with Gasteiger partial charge in [0.2, 0.25) is 5.60 Å². The van der Waals surface area contributed by atoms with Gasteiger partial charge in [-0.05, 0) is 48.2 Å². The number of fused-ring (bicyclic) bond motifs is 1. The first-order chi connectivity index (χ1) is 22.1. The molecule has 2 aromatic heterocycles. The van der Waals surface area contributed by atoms with Crippen molar-refractivity contribution in [1.29, 1.82) is 0 Å². The standard InChI is InChI=1S/C31H28F7N3O5S/c1-2-5-23-29(46-20-14-24(47-16-20)31(36,37)38,9-4-11-40(23)26(42)25-21(30(33,34)35)6-3-10-39-25)28(45)41-15-18-12-19(32)8-7-17(18)13-22(41)27(43)44/h3,6-8,10,12,14,16,22-23H,2,4-5,9,11,13,15H2,1H3,(H,43,44)/t22-,23+,29-/m0/s1. The highest BCUT2D eigenvalue weighted by atomic mass is 32.1. The zero-order chi connectivity index (χ0) is 34.3. The fourth-order valence-electron chi connectivity index (χ4n) is 6.31. The lowest BCUT2D eigenvalue weighted by Crippen LogP contribution is -2.69. The van der Waals surface area contributed by atoms with Crippen LogP contribution in [0.25, 0.3) is 0 Å². The van der Waals surface area contributed by atoms with Crippen molar-refractivity contribution in [1.82, 2.24) is 14.8 Å². The molecule has 0 unspecified atom stereocenters. The second-order valence-electron chi connectivity index (χ2n) is 11.3. The number of carboxylic acid groups (broad SMARTS) is 1. The molecular formula is C31H28F7N3O5S.